The Morgan fingerprint density at radius 1 is 0.550 bits per heavy atom. The Bertz CT molecular complexity index is 3740. The van der Waals surface area contributed by atoms with Crippen LogP contribution in [-0.4, -0.2) is 11.4 Å². The van der Waals surface area contributed by atoms with Gasteiger partial charge < -0.3 is 13.8 Å². The molecule has 3 aliphatic rings. The Morgan fingerprint density at radius 3 is 2.17 bits per heavy atom. The molecule has 0 unspecified atom stereocenters. The average Bonchev–Trinajstić information content (AvgIpc) is 3.97. The topological polar surface area (TPSA) is 21.3 Å². The van der Waals surface area contributed by atoms with Gasteiger partial charge in [-0.15, -0.1) is 11.3 Å². The molecule has 0 fully saturated rings. The second-order valence-corrected chi connectivity index (χ2v) is 20.0. The number of thiophene rings is 1. The van der Waals surface area contributed by atoms with Gasteiger partial charge in [0.1, 0.15) is 11.2 Å². The fourth-order valence-corrected chi connectivity index (χ4v) is 12.6. The molecule has 284 valence electrons. The lowest BCUT2D eigenvalue weighted by Crippen LogP contribution is -2.60. The highest BCUT2D eigenvalue weighted by Gasteiger charge is 2.45. The van der Waals surface area contributed by atoms with Crippen molar-refractivity contribution in [1.82, 2.24) is 4.57 Å². The van der Waals surface area contributed by atoms with Crippen LogP contribution in [0.25, 0.3) is 91.9 Å². The zero-order chi connectivity index (χ0) is 40.0. The monoisotopic (exact) mass is 786 g/mol. The van der Waals surface area contributed by atoms with Gasteiger partial charge in [0.15, 0.2) is 0 Å². The van der Waals surface area contributed by atoms with E-state index in [2.05, 4.69) is 190 Å². The molecule has 0 radical (unpaired) electrons. The van der Waals surface area contributed by atoms with Gasteiger partial charge in [-0.25, -0.2) is 0 Å². The van der Waals surface area contributed by atoms with Crippen LogP contribution in [0.2, 0.25) is 0 Å². The first-order valence-electron chi connectivity index (χ1n) is 21.2. The number of nitrogens with zero attached hydrogens (tertiary/aromatic N) is 2. The molecule has 1 aliphatic carbocycles. The molecule has 8 aromatic carbocycles. The largest absolute Gasteiger partial charge is 0.456 e. The minimum atomic E-state index is -0.0992. The maximum Gasteiger partial charge on any atom is 0.333 e. The molecule has 0 N–H and O–H groups in total. The van der Waals surface area contributed by atoms with Gasteiger partial charge in [0.25, 0.3) is 0 Å². The van der Waals surface area contributed by atoms with E-state index in [0.29, 0.717) is 0 Å². The van der Waals surface area contributed by atoms with Crippen LogP contribution in [0.4, 0.5) is 11.4 Å². The smallest absolute Gasteiger partial charge is 0.333 e. The molecule has 2 aliphatic heterocycles. The Hall–Kier alpha value is -6.56. The fourth-order valence-electron chi connectivity index (χ4n) is 11.4. The normalized spacial score (nSPS) is 14.8. The van der Waals surface area contributed by atoms with E-state index in [1.807, 2.05) is 11.3 Å². The van der Waals surface area contributed by atoms with Gasteiger partial charge in [-0.3, -0.25) is 0 Å². The Morgan fingerprint density at radius 2 is 1.32 bits per heavy atom. The molecule has 0 spiro atoms. The lowest BCUT2D eigenvalue weighted by atomic mass is 9.44. The predicted octanol–water partition coefficient (Wildman–Crippen LogP) is 13.9. The number of furan rings is 1. The summed E-state index contributed by atoms with van der Waals surface area (Å²) in [5.74, 6) is 0. The molecule has 0 saturated heterocycles. The second kappa shape index (κ2) is 11.0. The second-order valence-electron chi connectivity index (χ2n) is 18.9. The molecule has 0 amide bonds. The van der Waals surface area contributed by atoms with Crippen LogP contribution >= 0.6 is 11.3 Å². The number of hydrogen-bond donors (Lipinski definition) is 0. The first-order valence-corrected chi connectivity index (χ1v) is 22.0. The first kappa shape index (κ1) is 33.3. The van der Waals surface area contributed by atoms with E-state index >= 15 is 0 Å². The SMILES string of the molecule is CC(C)(C)c1ccc(N2B3c4cc5sc6ccccc6c5cc4-n4c5cc6c(cc5c5ccc(c3c54)-c3cc4oc5ccccc5c4cc32)C(C)(C)c2ccccc2-6)cc1. The third-order valence-corrected chi connectivity index (χ3v) is 15.5. The standard InChI is InChI=1S/C55H39BN2OS/c1-54(2,3)30-18-20-31(21-19-30)58-46-26-40-33-13-7-10-16-48(33)59-49(40)28-39(46)35-22-23-36-38-24-43-37(32-12-6-9-15-42(32)55(43,4)5)25-45(38)57-47-27-41-34-14-8-11-17-50(34)60-51(41)29-44(47)56(58)52(35)53(36)57/h6-29H,1-5H3. The van der Waals surface area contributed by atoms with Gasteiger partial charge >= 0.3 is 6.85 Å². The molecule has 3 aromatic heterocycles. The zero-order valence-corrected chi connectivity index (χ0v) is 35.0. The predicted molar refractivity (Wildman–Crippen MR) is 256 cm³/mol. The molecule has 0 bridgehead atoms. The molecule has 5 heteroatoms. The number of aromatic nitrogens is 1. The number of fused-ring (bicyclic) bond motifs is 17. The summed E-state index contributed by atoms with van der Waals surface area (Å²) >= 11 is 1.91. The van der Waals surface area contributed by atoms with Crippen molar-refractivity contribution in [2.24, 2.45) is 0 Å². The molecule has 14 rings (SSSR count). The van der Waals surface area contributed by atoms with Crippen molar-refractivity contribution in [3.05, 3.63) is 162 Å². The highest BCUT2D eigenvalue weighted by Crippen LogP contribution is 2.53. The Balaban J connectivity index is 1.16. The van der Waals surface area contributed by atoms with Crippen molar-refractivity contribution in [2.75, 3.05) is 4.81 Å². The summed E-state index contributed by atoms with van der Waals surface area (Å²) in [5, 5.41) is 7.55. The third-order valence-electron chi connectivity index (χ3n) is 14.3. The van der Waals surface area contributed by atoms with E-state index in [-0.39, 0.29) is 17.7 Å². The molecule has 0 atom stereocenters. The zero-order valence-electron chi connectivity index (χ0n) is 34.1. The summed E-state index contributed by atoms with van der Waals surface area (Å²) in [7, 11) is 0. The van der Waals surface area contributed by atoms with E-state index in [1.54, 1.807) is 0 Å². The van der Waals surface area contributed by atoms with Gasteiger partial charge in [0.2, 0.25) is 0 Å². The first-order chi connectivity index (χ1) is 29.1. The van der Waals surface area contributed by atoms with Crippen molar-refractivity contribution in [1.29, 1.82) is 0 Å². The average molecular weight is 787 g/mol. The van der Waals surface area contributed by atoms with Gasteiger partial charge in [0, 0.05) is 69.8 Å². The molecule has 11 aromatic rings. The number of anilines is 2. The van der Waals surface area contributed by atoms with Crippen molar-refractivity contribution >= 4 is 104 Å². The van der Waals surface area contributed by atoms with E-state index in [9.17, 15) is 0 Å². The molecular formula is C55H39BN2OS. The summed E-state index contributed by atoms with van der Waals surface area (Å²) in [6.45, 7) is 11.6. The van der Waals surface area contributed by atoms with Crippen LogP contribution in [0.1, 0.15) is 51.3 Å². The highest BCUT2D eigenvalue weighted by atomic mass is 32.1. The Labute approximate surface area is 352 Å². The van der Waals surface area contributed by atoms with Gasteiger partial charge in [-0.05, 0) is 110 Å². The summed E-state index contributed by atoms with van der Waals surface area (Å²) in [5.41, 5.74) is 20.0. The lowest BCUT2D eigenvalue weighted by Gasteiger charge is -2.42. The van der Waals surface area contributed by atoms with E-state index < -0.39 is 0 Å². The van der Waals surface area contributed by atoms with Gasteiger partial charge in [0.05, 0.1) is 11.0 Å². The van der Waals surface area contributed by atoms with Crippen LogP contribution in [0.15, 0.2) is 150 Å². The summed E-state index contributed by atoms with van der Waals surface area (Å²) < 4.78 is 11.9. The molecule has 5 heterocycles. The molecule has 3 nitrogen and oxygen atoms in total. The number of benzene rings is 8. The van der Waals surface area contributed by atoms with E-state index in [4.69, 9.17) is 4.42 Å². The summed E-state index contributed by atoms with van der Waals surface area (Å²) in [6.07, 6.45) is 0. The van der Waals surface area contributed by atoms with Crippen LogP contribution in [-0.2, 0) is 10.8 Å². The van der Waals surface area contributed by atoms with Gasteiger partial charge in [-0.1, -0.05) is 120 Å². The number of para-hydroxylation sites is 1. The molecule has 60 heavy (non-hydrogen) atoms. The lowest BCUT2D eigenvalue weighted by molar-refractivity contribution is 0.590. The third kappa shape index (κ3) is 4.07. The van der Waals surface area contributed by atoms with E-state index in [0.717, 1.165) is 21.9 Å². The summed E-state index contributed by atoms with van der Waals surface area (Å²) in [6, 6.07) is 55.5. The maximum atomic E-state index is 6.63. The van der Waals surface area contributed by atoms with Crippen molar-refractivity contribution in [3.8, 4) is 27.9 Å². The van der Waals surface area contributed by atoms with Crippen LogP contribution < -0.4 is 15.7 Å². The highest BCUT2D eigenvalue weighted by molar-refractivity contribution is 7.26. The van der Waals surface area contributed by atoms with Crippen LogP contribution in [0.3, 0.4) is 0 Å². The van der Waals surface area contributed by atoms with Crippen molar-refractivity contribution in [2.45, 2.75) is 45.4 Å². The van der Waals surface area contributed by atoms with Crippen LogP contribution in [0, 0.1) is 0 Å². The van der Waals surface area contributed by atoms with Gasteiger partial charge in [-0.2, -0.15) is 0 Å². The quantitative estimate of drug-likeness (QED) is 0.155. The summed E-state index contributed by atoms with van der Waals surface area (Å²) in [4.78, 5) is 2.66. The van der Waals surface area contributed by atoms with Crippen LogP contribution in [0.5, 0.6) is 0 Å². The number of hydrogen-bond acceptors (Lipinski definition) is 3. The van der Waals surface area contributed by atoms with Crippen molar-refractivity contribution < 1.29 is 4.42 Å². The maximum absolute atomic E-state index is 6.63. The Kier molecular flexibility index (Phi) is 6.09. The minimum Gasteiger partial charge on any atom is -0.456 e. The number of rotatable bonds is 1. The fraction of sp³-hybridized carbons (Fsp3) is 0.127. The van der Waals surface area contributed by atoms with E-state index in [1.165, 1.54) is 109 Å². The van der Waals surface area contributed by atoms with Crippen molar-refractivity contribution in [3.63, 3.8) is 0 Å². The molecule has 0 saturated carbocycles. The minimum absolute atomic E-state index is 0.0412. The molecular weight excluding hydrogens is 747 g/mol.